The van der Waals surface area contributed by atoms with Gasteiger partial charge in [0.2, 0.25) is 0 Å². The van der Waals surface area contributed by atoms with Crippen molar-refractivity contribution in [1.82, 2.24) is 21.3 Å². The molecule has 1 heterocycles. The van der Waals surface area contributed by atoms with Gasteiger partial charge in [0.25, 0.3) is 0 Å². The Balaban J connectivity index is 1.43. The normalized spacial score (nSPS) is 42.3. The number of urea groups is 1. The summed E-state index contributed by atoms with van der Waals surface area (Å²) >= 11 is 6.14. The zero-order valence-corrected chi connectivity index (χ0v) is 14.2. The summed E-state index contributed by atoms with van der Waals surface area (Å²) in [6.45, 7) is 2.08. The molecule has 6 atom stereocenters. The Morgan fingerprint density at radius 2 is 1.77 bits per heavy atom. The van der Waals surface area contributed by atoms with E-state index in [0.717, 1.165) is 31.1 Å². The van der Waals surface area contributed by atoms with Crippen molar-refractivity contribution < 1.29 is 4.79 Å². The van der Waals surface area contributed by atoms with Crippen LogP contribution in [-0.2, 0) is 0 Å². The minimum atomic E-state index is -0.253. The quantitative estimate of drug-likeness (QED) is 0.465. The Morgan fingerprint density at radius 3 is 2.55 bits per heavy atom. The molecular weight excluding hydrogens is 300 g/mol. The number of carbonyl (C=O) groups excluding carboxylic acids is 1. The number of hydrogen-bond acceptors (Lipinski definition) is 3. The van der Waals surface area contributed by atoms with Crippen LogP contribution in [0.1, 0.15) is 58.3 Å². The number of carbonyl (C=O) groups is 1. The third kappa shape index (κ3) is 4.27. The molecule has 5 nitrogen and oxygen atoms in total. The first-order chi connectivity index (χ1) is 10.6. The van der Waals surface area contributed by atoms with Gasteiger partial charge in [-0.2, -0.15) is 0 Å². The molecule has 0 spiro atoms. The van der Waals surface area contributed by atoms with Gasteiger partial charge in [-0.05, 0) is 44.4 Å². The molecule has 0 bridgehead atoms. The highest BCUT2D eigenvalue weighted by Crippen LogP contribution is 2.40. The highest BCUT2D eigenvalue weighted by molar-refractivity contribution is 6.20. The van der Waals surface area contributed by atoms with Crippen molar-refractivity contribution in [2.75, 3.05) is 0 Å². The Kier molecular flexibility index (Phi) is 5.47. The summed E-state index contributed by atoms with van der Waals surface area (Å²) < 4.78 is 0. The van der Waals surface area contributed by atoms with Crippen LogP contribution in [0.5, 0.6) is 0 Å². The third-order valence-electron chi connectivity index (χ3n) is 5.51. The van der Waals surface area contributed by atoms with Gasteiger partial charge >= 0.3 is 6.03 Å². The van der Waals surface area contributed by atoms with E-state index in [1.165, 1.54) is 32.1 Å². The average molecular weight is 329 g/mol. The number of hydrogen-bond donors (Lipinski definition) is 4. The number of halogens is 1. The minimum absolute atomic E-state index is 0.0952. The molecule has 2 amide bonds. The maximum atomic E-state index is 12.2. The number of alkyl halides is 1. The highest BCUT2D eigenvalue weighted by Gasteiger charge is 2.33. The second-order valence-corrected chi connectivity index (χ2v) is 7.83. The summed E-state index contributed by atoms with van der Waals surface area (Å²) in [4.78, 5) is 12.2. The van der Waals surface area contributed by atoms with E-state index in [1.807, 2.05) is 0 Å². The predicted molar refractivity (Wildman–Crippen MR) is 88.5 cm³/mol. The standard InChI is InChI=1S/C16H29ClN4O/c1-10-8-14(17)20-15(18-10)21-16(22)19-13-7-6-11-4-2-3-5-12(11)9-13/h10-15,18,20H,2-9H2,1H3,(H2,19,21,22). The molecule has 0 aromatic heterocycles. The van der Waals surface area contributed by atoms with Crippen molar-refractivity contribution in [3.05, 3.63) is 0 Å². The second-order valence-electron chi connectivity index (χ2n) is 7.30. The van der Waals surface area contributed by atoms with E-state index in [-0.39, 0.29) is 17.8 Å². The van der Waals surface area contributed by atoms with E-state index in [9.17, 15) is 4.79 Å². The lowest BCUT2D eigenvalue weighted by Gasteiger charge is -2.40. The van der Waals surface area contributed by atoms with Gasteiger partial charge in [0.1, 0.15) is 6.29 Å². The van der Waals surface area contributed by atoms with Gasteiger partial charge in [-0.1, -0.05) is 25.7 Å². The molecule has 4 N–H and O–H groups in total. The number of nitrogens with one attached hydrogen (secondary N) is 4. The van der Waals surface area contributed by atoms with Crippen LogP contribution in [0.4, 0.5) is 4.79 Å². The predicted octanol–water partition coefficient (Wildman–Crippen LogP) is 2.46. The smallest absolute Gasteiger partial charge is 0.317 e. The van der Waals surface area contributed by atoms with E-state index in [2.05, 4.69) is 28.2 Å². The molecule has 1 aliphatic heterocycles. The molecule has 1 saturated heterocycles. The third-order valence-corrected chi connectivity index (χ3v) is 5.81. The largest absolute Gasteiger partial charge is 0.335 e. The van der Waals surface area contributed by atoms with E-state index in [1.54, 1.807) is 0 Å². The summed E-state index contributed by atoms with van der Waals surface area (Å²) in [5, 5.41) is 12.5. The summed E-state index contributed by atoms with van der Waals surface area (Å²) in [6, 6.07) is 0.529. The summed E-state index contributed by atoms with van der Waals surface area (Å²) in [5.74, 6) is 1.74. The monoisotopic (exact) mass is 328 g/mol. The number of fused-ring (bicyclic) bond motifs is 1. The molecule has 2 aliphatic carbocycles. The lowest BCUT2D eigenvalue weighted by atomic mass is 9.69. The van der Waals surface area contributed by atoms with Crippen LogP contribution < -0.4 is 21.3 Å². The molecule has 3 aliphatic rings. The van der Waals surface area contributed by atoms with E-state index < -0.39 is 0 Å². The Labute approximate surface area is 138 Å². The molecule has 6 unspecified atom stereocenters. The van der Waals surface area contributed by atoms with Gasteiger partial charge in [0, 0.05) is 12.1 Å². The Morgan fingerprint density at radius 1 is 1.00 bits per heavy atom. The SMILES string of the molecule is CC1CC(Cl)NC(NC(=O)NC2CCC3CCCCC3C2)N1. The van der Waals surface area contributed by atoms with Crippen molar-refractivity contribution in [1.29, 1.82) is 0 Å². The van der Waals surface area contributed by atoms with Crippen LogP contribution in [-0.4, -0.2) is 29.9 Å². The van der Waals surface area contributed by atoms with Crippen LogP contribution in [0.15, 0.2) is 0 Å². The van der Waals surface area contributed by atoms with Gasteiger partial charge in [-0.15, -0.1) is 11.6 Å². The van der Waals surface area contributed by atoms with Crippen LogP contribution in [0.2, 0.25) is 0 Å². The molecule has 22 heavy (non-hydrogen) atoms. The average Bonchev–Trinajstić information content (AvgIpc) is 2.45. The fourth-order valence-electron chi connectivity index (χ4n) is 4.41. The maximum absolute atomic E-state index is 12.2. The molecule has 0 aromatic carbocycles. The Hall–Kier alpha value is -0.520. The summed E-state index contributed by atoms with van der Waals surface area (Å²) in [7, 11) is 0. The topological polar surface area (TPSA) is 65.2 Å². The highest BCUT2D eigenvalue weighted by atomic mass is 35.5. The summed E-state index contributed by atoms with van der Waals surface area (Å²) in [5.41, 5.74) is -0.0979. The van der Waals surface area contributed by atoms with Crippen LogP contribution in [0, 0.1) is 11.8 Å². The fourth-order valence-corrected chi connectivity index (χ4v) is 4.80. The van der Waals surface area contributed by atoms with Crippen molar-refractivity contribution in [3.63, 3.8) is 0 Å². The fraction of sp³-hybridized carbons (Fsp3) is 0.938. The zero-order chi connectivity index (χ0) is 15.5. The van der Waals surface area contributed by atoms with Crippen molar-refractivity contribution in [2.45, 2.75) is 82.2 Å². The van der Waals surface area contributed by atoms with E-state index in [4.69, 9.17) is 11.6 Å². The maximum Gasteiger partial charge on any atom is 0.317 e. The Bertz CT molecular complexity index is 384. The van der Waals surface area contributed by atoms with Gasteiger partial charge in [0.05, 0.1) is 5.50 Å². The molecule has 3 fully saturated rings. The van der Waals surface area contributed by atoms with E-state index >= 15 is 0 Å². The van der Waals surface area contributed by atoms with Crippen molar-refractivity contribution >= 4 is 17.6 Å². The molecule has 6 heteroatoms. The first-order valence-electron chi connectivity index (χ1n) is 8.83. The van der Waals surface area contributed by atoms with Crippen molar-refractivity contribution in [2.24, 2.45) is 11.8 Å². The van der Waals surface area contributed by atoms with Gasteiger partial charge in [0.15, 0.2) is 0 Å². The summed E-state index contributed by atoms with van der Waals surface area (Å²) in [6.07, 6.45) is 9.66. The number of rotatable bonds is 2. The van der Waals surface area contributed by atoms with Gasteiger partial charge in [-0.3, -0.25) is 10.6 Å². The second kappa shape index (κ2) is 7.37. The lowest BCUT2D eigenvalue weighted by Crippen LogP contribution is -2.65. The van der Waals surface area contributed by atoms with Crippen molar-refractivity contribution in [3.8, 4) is 0 Å². The van der Waals surface area contributed by atoms with Gasteiger partial charge in [-0.25, -0.2) is 4.79 Å². The van der Waals surface area contributed by atoms with Gasteiger partial charge < -0.3 is 10.6 Å². The van der Waals surface area contributed by atoms with Crippen LogP contribution >= 0.6 is 11.6 Å². The molecule has 2 saturated carbocycles. The first kappa shape index (κ1) is 16.3. The minimum Gasteiger partial charge on any atom is -0.335 e. The molecular formula is C16H29ClN4O. The molecule has 126 valence electrons. The van der Waals surface area contributed by atoms with E-state index in [0.29, 0.717) is 12.1 Å². The zero-order valence-electron chi connectivity index (χ0n) is 13.4. The first-order valence-corrected chi connectivity index (χ1v) is 9.27. The van der Waals surface area contributed by atoms with Crippen LogP contribution in [0.3, 0.4) is 0 Å². The molecule has 0 radical (unpaired) electrons. The molecule has 3 rings (SSSR count). The van der Waals surface area contributed by atoms with Crippen LogP contribution in [0.25, 0.3) is 0 Å². The molecule has 0 aromatic rings. The number of amides is 2. The lowest BCUT2D eigenvalue weighted by molar-refractivity contribution is 0.143.